The molecule has 0 spiro atoms. The zero-order chi connectivity index (χ0) is 14.1. The van der Waals surface area contributed by atoms with Gasteiger partial charge >= 0.3 is 0 Å². The average Bonchev–Trinajstić information content (AvgIpc) is 2.45. The number of nitrogens with two attached hydrogens (primary N) is 1. The molecule has 0 aromatic heterocycles. The Hall–Kier alpha value is -1.39. The molecule has 0 saturated carbocycles. The molecule has 1 amide bonds. The van der Waals surface area contributed by atoms with Gasteiger partial charge in [-0.15, -0.1) is 0 Å². The number of rotatable bonds is 8. The van der Waals surface area contributed by atoms with E-state index in [-0.39, 0.29) is 5.91 Å². The minimum absolute atomic E-state index is 0.0251. The maximum absolute atomic E-state index is 11.8. The summed E-state index contributed by atoms with van der Waals surface area (Å²) in [5.74, 6) is -0.0251. The minimum atomic E-state index is -0.0251. The normalized spacial score (nSPS) is 10.7. The van der Waals surface area contributed by atoms with Crippen LogP contribution in [0, 0.1) is 0 Å². The van der Waals surface area contributed by atoms with Crippen molar-refractivity contribution in [1.82, 2.24) is 10.2 Å². The van der Waals surface area contributed by atoms with Crippen molar-refractivity contribution in [2.45, 2.75) is 26.8 Å². The van der Waals surface area contributed by atoms with Crippen LogP contribution in [0.15, 0.2) is 24.3 Å². The van der Waals surface area contributed by atoms with E-state index in [1.807, 2.05) is 24.3 Å². The van der Waals surface area contributed by atoms with Crippen LogP contribution in [-0.2, 0) is 6.54 Å². The van der Waals surface area contributed by atoms with Crippen molar-refractivity contribution in [1.29, 1.82) is 0 Å². The third kappa shape index (κ3) is 5.41. The highest BCUT2D eigenvalue weighted by molar-refractivity contribution is 5.94. The second kappa shape index (κ2) is 8.67. The van der Waals surface area contributed by atoms with E-state index in [4.69, 9.17) is 5.73 Å². The Kier molecular flexibility index (Phi) is 7.15. The Bertz CT molecular complexity index is 371. The van der Waals surface area contributed by atoms with Gasteiger partial charge in [-0.05, 0) is 43.8 Å². The van der Waals surface area contributed by atoms with Crippen molar-refractivity contribution in [3.63, 3.8) is 0 Å². The van der Waals surface area contributed by atoms with Crippen molar-refractivity contribution in [2.75, 3.05) is 26.2 Å². The molecule has 4 nitrogen and oxygen atoms in total. The Labute approximate surface area is 116 Å². The lowest BCUT2D eigenvalue weighted by molar-refractivity contribution is 0.0953. The summed E-state index contributed by atoms with van der Waals surface area (Å²) < 4.78 is 0. The minimum Gasteiger partial charge on any atom is -0.352 e. The van der Waals surface area contributed by atoms with E-state index in [1.54, 1.807) is 0 Å². The first-order chi connectivity index (χ1) is 9.21. The largest absolute Gasteiger partial charge is 0.352 e. The number of amides is 1. The molecule has 0 aliphatic heterocycles. The van der Waals surface area contributed by atoms with Gasteiger partial charge in [0, 0.05) is 18.7 Å². The van der Waals surface area contributed by atoms with Crippen LogP contribution in [0.1, 0.15) is 36.2 Å². The van der Waals surface area contributed by atoms with Crippen molar-refractivity contribution >= 4 is 5.91 Å². The maximum atomic E-state index is 11.8. The lowest BCUT2D eigenvalue weighted by Gasteiger charge is -2.18. The topological polar surface area (TPSA) is 58.4 Å². The van der Waals surface area contributed by atoms with Gasteiger partial charge in [0.15, 0.2) is 0 Å². The van der Waals surface area contributed by atoms with E-state index in [1.165, 1.54) is 5.56 Å². The van der Waals surface area contributed by atoms with Crippen LogP contribution in [0.2, 0.25) is 0 Å². The van der Waals surface area contributed by atoms with Gasteiger partial charge in [0.2, 0.25) is 0 Å². The number of nitrogens with zero attached hydrogens (tertiary/aromatic N) is 1. The van der Waals surface area contributed by atoms with Crippen molar-refractivity contribution < 1.29 is 4.79 Å². The first-order valence-electron chi connectivity index (χ1n) is 7.00. The molecule has 0 heterocycles. The molecule has 3 N–H and O–H groups in total. The third-order valence-electron chi connectivity index (χ3n) is 3.18. The Morgan fingerprint density at radius 1 is 1.21 bits per heavy atom. The lowest BCUT2D eigenvalue weighted by Crippen LogP contribution is -2.26. The molecule has 0 fully saturated rings. The molecule has 19 heavy (non-hydrogen) atoms. The highest BCUT2D eigenvalue weighted by Gasteiger charge is 2.05. The molecule has 1 aromatic carbocycles. The van der Waals surface area contributed by atoms with E-state index >= 15 is 0 Å². The summed E-state index contributed by atoms with van der Waals surface area (Å²) in [5, 5.41) is 2.85. The number of nitrogens with one attached hydrogen (secondary N) is 1. The van der Waals surface area contributed by atoms with Crippen LogP contribution in [0.5, 0.6) is 0 Å². The van der Waals surface area contributed by atoms with E-state index in [0.29, 0.717) is 18.7 Å². The van der Waals surface area contributed by atoms with Crippen molar-refractivity contribution in [2.24, 2.45) is 5.73 Å². The zero-order valence-electron chi connectivity index (χ0n) is 12.0. The summed E-state index contributed by atoms with van der Waals surface area (Å²) in [6, 6.07) is 7.82. The highest BCUT2D eigenvalue weighted by atomic mass is 16.1. The van der Waals surface area contributed by atoms with E-state index in [9.17, 15) is 4.79 Å². The average molecular weight is 263 g/mol. The van der Waals surface area contributed by atoms with Gasteiger partial charge in [-0.3, -0.25) is 9.69 Å². The summed E-state index contributed by atoms with van der Waals surface area (Å²) in [5.41, 5.74) is 7.34. The Morgan fingerprint density at radius 2 is 1.84 bits per heavy atom. The summed E-state index contributed by atoms with van der Waals surface area (Å²) in [4.78, 5) is 14.1. The van der Waals surface area contributed by atoms with Crippen molar-refractivity contribution in [3.8, 4) is 0 Å². The number of benzene rings is 1. The van der Waals surface area contributed by atoms with Gasteiger partial charge in [-0.1, -0.05) is 26.0 Å². The molecular weight excluding hydrogens is 238 g/mol. The van der Waals surface area contributed by atoms with Crippen LogP contribution < -0.4 is 11.1 Å². The van der Waals surface area contributed by atoms with Crippen LogP contribution in [0.4, 0.5) is 0 Å². The molecule has 106 valence electrons. The van der Waals surface area contributed by atoms with Crippen molar-refractivity contribution in [3.05, 3.63) is 35.4 Å². The van der Waals surface area contributed by atoms with E-state index < -0.39 is 0 Å². The quantitative estimate of drug-likeness (QED) is 0.701. The predicted molar refractivity (Wildman–Crippen MR) is 79.1 cm³/mol. The molecular formula is C15H25N3O. The van der Waals surface area contributed by atoms with Gasteiger partial charge in [0.25, 0.3) is 5.91 Å². The molecule has 0 aliphatic rings. The molecule has 0 unspecified atom stereocenters. The summed E-state index contributed by atoms with van der Waals surface area (Å²) >= 11 is 0. The zero-order valence-corrected chi connectivity index (χ0v) is 12.0. The second-order valence-corrected chi connectivity index (χ2v) is 4.56. The van der Waals surface area contributed by atoms with Gasteiger partial charge in [0.05, 0.1) is 0 Å². The molecule has 4 heteroatoms. The van der Waals surface area contributed by atoms with Crippen LogP contribution in [-0.4, -0.2) is 37.0 Å². The number of carbonyl (C=O) groups is 1. The van der Waals surface area contributed by atoms with Gasteiger partial charge in [0.1, 0.15) is 0 Å². The number of hydrogen-bond donors (Lipinski definition) is 2. The summed E-state index contributed by atoms with van der Waals surface area (Å²) in [7, 11) is 0. The Balaban J connectivity index is 2.53. The first-order valence-corrected chi connectivity index (χ1v) is 7.00. The van der Waals surface area contributed by atoms with Gasteiger partial charge in [-0.25, -0.2) is 0 Å². The molecule has 1 rings (SSSR count). The number of carbonyl (C=O) groups excluding carboxylic acids is 1. The maximum Gasteiger partial charge on any atom is 0.251 e. The van der Waals surface area contributed by atoms with E-state index in [2.05, 4.69) is 24.1 Å². The van der Waals surface area contributed by atoms with Crippen LogP contribution in [0.3, 0.4) is 0 Å². The fourth-order valence-electron chi connectivity index (χ4n) is 1.87. The highest BCUT2D eigenvalue weighted by Crippen LogP contribution is 2.07. The van der Waals surface area contributed by atoms with Crippen LogP contribution in [0.25, 0.3) is 0 Å². The second-order valence-electron chi connectivity index (χ2n) is 4.56. The van der Waals surface area contributed by atoms with Crippen LogP contribution >= 0.6 is 0 Å². The molecule has 0 atom stereocenters. The smallest absolute Gasteiger partial charge is 0.251 e. The summed E-state index contributed by atoms with van der Waals surface area (Å²) in [6.07, 6.45) is 0.811. The molecule has 0 saturated heterocycles. The SMILES string of the molecule is CCN(CC)Cc1ccc(C(=O)NCCCN)cc1. The van der Waals surface area contributed by atoms with Gasteiger partial charge < -0.3 is 11.1 Å². The molecule has 0 bridgehead atoms. The first kappa shape index (κ1) is 15.7. The monoisotopic (exact) mass is 263 g/mol. The summed E-state index contributed by atoms with van der Waals surface area (Å²) in [6.45, 7) is 8.56. The predicted octanol–water partition coefficient (Wildman–Crippen LogP) is 1.61. The third-order valence-corrected chi connectivity index (χ3v) is 3.18. The molecule has 0 radical (unpaired) electrons. The van der Waals surface area contributed by atoms with E-state index in [0.717, 1.165) is 26.1 Å². The fraction of sp³-hybridized carbons (Fsp3) is 0.533. The lowest BCUT2D eigenvalue weighted by atomic mass is 10.1. The fourth-order valence-corrected chi connectivity index (χ4v) is 1.87. The number of hydrogen-bond acceptors (Lipinski definition) is 3. The molecule has 1 aromatic rings. The molecule has 0 aliphatic carbocycles. The Morgan fingerprint density at radius 3 is 2.37 bits per heavy atom. The van der Waals surface area contributed by atoms with Gasteiger partial charge in [-0.2, -0.15) is 0 Å². The standard InChI is InChI=1S/C15H25N3O/c1-3-18(4-2)12-13-6-8-14(9-7-13)15(19)17-11-5-10-16/h6-9H,3-5,10-12,16H2,1-2H3,(H,17,19).